The van der Waals surface area contributed by atoms with E-state index < -0.39 is 10.9 Å². The predicted molar refractivity (Wildman–Crippen MR) is 75.8 cm³/mol. The van der Waals surface area contributed by atoms with E-state index in [4.69, 9.17) is 5.11 Å². The summed E-state index contributed by atoms with van der Waals surface area (Å²) in [6.07, 6.45) is 4.44. The molecule has 1 aliphatic carbocycles. The fraction of sp³-hybridized carbons (Fsp3) is 0.357. The second-order valence-corrected chi connectivity index (χ2v) is 4.69. The lowest BCUT2D eigenvalue weighted by molar-refractivity contribution is -0.385. The quantitative estimate of drug-likeness (QED) is 0.490. The van der Waals surface area contributed by atoms with E-state index in [0.717, 1.165) is 31.1 Å². The number of nitrogens with zero attached hydrogens (tertiary/aromatic N) is 2. The van der Waals surface area contributed by atoms with E-state index in [9.17, 15) is 14.9 Å². The van der Waals surface area contributed by atoms with Crippen LogP contribution in [0.3, 0.4) is 0 Å². The highest BCUT2D eigenvalue weighted by molar-refractivity contribution is 5.86. The van der Waals surface area contributed by atoms with Gasteiger partial charge in [-0.05, 0) is 38.0 Å². The van der Waals surface area contributed by atoms with Crippen LogP contribution < -0.4 is 4.90 Å². The van der Waals surface area contributed by atoms with Crippen LogP contribution in [0.1, 0.15) is 25.3 Å². The number of hydrogen-bond acceptors (Lipinski definition) is 4. The Balaban J connectivity index is 2.38. The molecule has 0 radical (unpaired) electrons. The molecule has 6 heteroatoms. The van der Waals surface area contributed by atoms with Crippen molar-refractivity contribution in [2.24, 2.45) is 0 Å². The van der Waals surface area contributed by atoms with Gasteiger partial charge in [0.1, 0.15) is 0 Å². The van der Waals surface area contributed by atoms with Crippen molar-refractivity contribution in [3.63, 3.8) is 0 Å². The van der Waals surface area contributed by atoms with Gasteiger partial charge in [0.15, 0.2) is 0 Å². The Morgan fingerprint density at radius 1 is 1.55 bits per heavy atom. The number of nitro groups is 1. The van der Waals surface area contributed by atoms with Gasteiger partial charge in [-0.1, -0.05) is 0 Å². The van der Waals surface area contributed by atoms with Crippen molar-refractivity contribution in [1.29, 1.82) is 0 Å². The average molecular weight is 276 g/mol. The zero-order valence-corrected chi connectivity index (χ0v) is 11.2. The van der Waals surface area contributed by atoms with Gasteiger partial charge >= 0.3 is 5.97 Å². The van der Waals surface area contributed by atoms with Crippen molar-refractivity contribution in [3.05, 3.63) is 40.0 Å². The van der Waals surface area contributed by atoms with Crippen LogP contribution in [-0.4, -0.2) is 28.6 Å². The van der Waals surface area contributed by atoms with Crippen molar-refractivity contribution in [2.45, 2.75) is 25.8 Å². The number of nitro benzene ring substituents is 1. The SMILES string of the molecule is CCN(c1ccc([N+](=O)[O-])c(/C=C/C(=O)O)c1)C1CC1. The number of carboxylic acid groups (broad SMARTS) is 1. The van der Waals surface area contributed by atoms with Gasteiger partial charge in [0.05, 0.1) is 10.5 Å². The minimum absolute atomic E-state index is 0.0851. The Hall–Kier alpha value is -2.37. The van der Waals surface area contributed by atoms with E-state index in [1.165, 1.54) is 12.1 Å². The Morgan fingerprint density at radius 2 is 2.25 bits per heavy atom. The van der Waals surface area contributed by atoms with Crippen LogP contribution in [-0.2, 0) is 4.79 Å². The van der Waals surface area contributed by atoms with Gasteiger partial charge in [-0.3, -0.25) is 10.1 Å². The normalized spacial score (nSPS) is 14.4. The minimum Gasteiger partial charge on any atom is -0.478 e. The molecule has 1 saturated carbocycles. The van der Waals surface area contributed by atoms with Gasteiger partial charge in [0, 0.05) is 30.4 Å². The monoisotopic (exact) mass is 276 g/mol. The first-order valence-corrected chi connectivity index (χ1v) is 6.49. The topological polar surface area (TPSA) is 83.7 Å². The molecule has 0 heterocycles. The highest BCUT2D eigenvalue weighted by Crippen LogP contribution is 2.34. The predicted octanol–water partition coefficient (Wildman–Crippen LogP) is 2.68. The minimum atomic E-state index is -1.13. The molecule has 0 saturated heterocycles. The number of rotatable bonds is 6. The van der Waals surface area contributed by atoms with Gasteiger partial charge in [0.2, 0.25) is 0 Å². The van der Waals surface area contributed by atoms with E-state index >= 15 is 0 Å². The molecule has 1 aromatic rings. The Labute approximate surface area is 116 Å². The molecule has 0 aliphatic heterocycles. The average Bonchev–Trinajstić information content (AvgIpc) is 3.21. The highest BCUT2D eigenvalue weighted by Gasteiger charge is 2.28. The largest absolute Gasteiger partial charge is 0.478 e. The molecule has 1 aliphatic rings. The summed E-state index contributed by atoms with van der Waals surface area (Å²) in [6.45, 7) is 2.86. The summed E-state index contributed by atoms with van der Waals surface area (Å²) in [5, 5.41) is 19.6. The summed E-state index contributed by atoms with van der Waals surface area (Å²) >= 11 is 0. The van der Waals surface area contributed by atoms with Crippen molar-refractivity contribution < 1.29 is 14.8 Å². The molecule has 20 heavy (non-hydrogen) atoms. The van der Waals surface area contributed by atoms with E-state index in [0.29, 0.717) is 11.6 Å². The van der Waals surface area contributed by atoms with Crippen molar-refractivity contribution >= 4 is 23.4 Å². The summed E-state index contributed by atoms with van der Waals surface area (Å²) in [6, 6.07) is 5.33. The zero-order valence-electron chi connectivity index (χ0n) is 11.2. The van der Waals surface area contributed by atoms with Crippen LogP contribution in [0.5, 0.6) is 0 Å². The van der Waals surface area contributed by atoms with Crippen LogP contribution >= 0.6 is 0 Å². The second-order valence-electron chi connectivity index (χ2n) is 4.69. The Morgan fingerprint density at radius 3 is 2.75 bits per heavy atom. The van der Waals surface area contributed by atoms with Crippen LogP contribution in [0.15, 0.2) is 24.3 Å². The molecule has 0 unspecified atom stereocenters. The number of aliphatic carboxylic acids is 1. The fourth-order valence-corrected chi connectivity index (χ4v) is 2.22. The van der Waals surface area contributed by atoms with Crippen LogP contribution in [0.2, 0.25) is 0 Å². The maximum absolute atomic E-state index is 11.0. The van der Waals surface area contributed by atoms with Crippen LogP contribution in [0, 0.1) is 10.1 Å². The van der Waals surface area contributed by atoms with Crippen molar-refractivity contribution in [1.82, 2.24) is 0 Å². The van der Waals surface area contributed by atoms with Gasteiger partial charge in [0.25, 0.3) is 5.69 Å². The molecule has 0 atom stereocenters. The highest BCUT2D eigenvalue weighted by atomic mass is 16.6. The lowest BCUT2D eigenvalue weighted by atomic mass is 10.1. The van der Waals surface area contributed by atoms with Crippen LogP contribution in [0.4, 0.5) is 11.4 Å². The second kappa shape index (κ2) is 5.73. The molecule has 6 nitrogen and oxygen atoms in total. The third kappa shape index (κ3) is 3.14. The van der Waals surface area contributed by atoms with E-state index in [2.05, 4.69) is 4.90 Å². The molecule has 1 aromatic carbocycles. The van der Waals surface area contributed by atoms with Gasteiger partial charge in [-0.15, -0.1) is 0 Å². The number of carboxylic acids is 1. The van der Waals surface area contributed by atoms with Crippen LogP contribution in [0.25, 0.3) is 6.08 Å². The molecule has 1 fully saturated rings. The smallest absolute Gasteiger partial charge is 0.328 e. The summed E-state index contributed by atoms with van der Waals surface area (Å²) < 4.78 is 0. The maximum atomic E-state index is 11.0. The molecule has 106 valence electrons. The lowest BCUT2D eigenvalue weighted by Crippen LogP contribution is -2.24. The molecule has 2 rings (SSSR count). The van der Waals surface area contributed by atoms with Crippen molar-refractivity contribution in [2.75, 3.05) is 11.4 Å². The molecule has 0 amide bonds. The number of anilines is 1. The fourth-order valence-electron chi connectivity index (χ4n) is 2.22. The number of benzene rings is 1. The first-order valence-electron chi connectivity index (χ1n) is 6.49. The summed E-state index contributed by atoms with van der Waals surface area (Å²) in [5.41, 5.74) is 1.12. The zero-order chi connectivity index (χ0) is 14.7. The number of carbonyl (C=O) groups is 1. The summed E-state index contributed by atoms with van der Waals surface area (Å²) in [5.74, 6) is -1.13. The van der Waals surface area contributed by atoms with E-state index in [1.807, 2.05) is 6.92 Å². The molecule has 1 N–H and O–H groups in total. The van der Waals surface area contributed by atoms with Gasteiger partial charge in [-0.2, -0.15) is 0 Å². The van der Waals surface area contributed by atoms with E-state index in [-0.39, 0.29) is 5.69 Å². The first-order chi connectivity index (χ1) is 9.52. The number of hydrogen-bond donors (Lipinski definition) is 1. The van der Waals surface area contributed by atoms with Gasteiger partial charge < -0.3 is 10.0 Å². The molecule has 0 aromatic heterocycles. The Bertz CT molecular complexity index is 564. The van der Waals surface area contributed by atoms with E-state index in [1.54, 1.807) is 12.1 Å². The molecular weight excluding hydrogens is 260 g/mol. The molecular formula is C14H16N2O4. The standard InChI is InChI=1S/C14H16N2O4/c1-2-15(11-4-5-11)12-6-7-13(16(19)20)10(9-12)3-8-14(17)18/h3,6-9,11H,2,4-5H2,1H3,(H,17,18)/b8-3+. The lowest BCUT2D eigenvalue weighted by Gasteiger charge is -2.23. The Kier molecular flexibility index (Phi) is 4.02. The first kappa shape index (κ1) is 14.0. The third-order valence-electron chi connectivity index (χ3n) is 3.27. The molecule has 0 bridgehead atoms. The van der Waals surface area contributed by atoms with Crippen molar-refractivity contribution in [3.8, 4) is 0 Å². The summed E-state index contributed by atoms with van der Waals surface area (Å²) in [7, 11) is 0. The van der Waals surface area contributed by atoms with Gasteiger partial charge in [-0.25, -0.2) is 4.79 Å². The molecule has 0 spiro atoms. The third-order valence-corrected chi connectivity index (χ3v) is 3.27. The maximum Gasteiger partial charge on any atom is 0.328 e. The summed E-state index contributed by atoms with van der Waals surface area (Å²) in [4.78, 5) is 23.2.